The van der Waals surface area contributed by atoms with Crippen molar-refractivity contribution in [1.82, 2.24) is 4.98 Å². The second kappa shape index (κ2) is 9.43. The average molecular weight is 408 g/mol. The van der Waals surface area contributed by atoms with Crippen molar-refractivity contribution in [2.75, 3.05) is 0 Å². The first-order chi connectivity index (χ1) is 13.7. The predicted octanol–water partition coefficient (Wildman–Crippen LogP) is 7.87. The normalized spacial score (nSPS) is 13.5. The van der Waals surface area contributed by atoms with Gasteiger partial charge in [0.1, 0.15) is 5.52 Å². The Morgan fingerprint density at radius 3 is 2.46 bits per heavy atom. The molecule has 2 nitrogen and oxygen atoms in total. The number of allylic oxidation sites excluding steroid dienone is 6. The van der Waals surface area contributed by atoms with Gasteiger partial charge in [-0.15, -0.1) is 0 Å². The van der Waals surface area contributed by atoms with E-state index in [0.29, 0.717) is 16.0 Å². The molecule has 140 valence electrons. The van der Waals surface area contributed by atoms with Crippen LogP contribution < -0.4 is 0 Å². The third-order valence-corrected chi connectivity index (χ3v) is 4.31. The zero-order valence-electron chi connectivity index (χ0n) is 15.6. The zero-order valence-corrected chi connectivity index (χ0v) is 17.1. The van der Waals surface area contributed by atoms with E-state index in [4.69, 9.17) is 27.6 Å². The van der Waals surface area contributed by atoms with Crippen LogP contribution in [0.15, 0.2) is 98.6 Å². The maximum atomic E-state index is 6.04. The number of nitrogens with zero attached hydrogens (tertiary/aromatic N) is 1. The molecule has 28 heavy (non-hydrogen) atoms. The molecule has 1 aromatic heterocycles. The van der Waals surface area contributed by atoms with Crippen molar-refractivity contribution in [2.45, 2.75) is 13.8 Å². The van der Waals surface area contributed by atoms with Crippen LogP contribution >= 0.6 is 23.2 Å². The van der Waals surface area contributed by atoms with Gasteiger partial charge in [-0.2, -0.15) is 0 Å². The Morgan fingerprint density at radius 2 is 1.68 bits per heavy atom. The number of hydrogen-bond acceptors (Lipinski definition) is 2. The lowest BCUT2D eigenvalue weighted by atomic mass is 10.1. The lowest BCUT2D eigenvalue weighted by molar-refractivity contribution is 0.589. The summed E-state index contributed by atoms with van der Waals surface area (Å²) in [4.78, 5) is 4.55. The maximum absolute atomic E-state index is 6.04. The Kier molecular flexibility index (Phi) is 6.73. The fourth-order valence-electron chi connectivity index (χ4n) is 2.65. The van der Waals surface area contributed by atoms with Crippen molar-refractivity contribution in [1.29, 1.82) is 0 Å². The van der Waals surface area contributed by atoms with Gasteiger partial charge in [-0.25, -0.2) is 4.98 Å². The molecular weight excluding hydrogens is 389 g/mol. The van der Waals surface area contributed by atoms with Gasteiger partial charge in [0, 0.05) is 6.08 Å². The SMILES string of the molecule is CC.ClC1=C=C(Cl)C=C(/C=C/c2nc3cc(-c4ccccc4)ccc3o2)C=C1. The van der Waals surface area contributed by atoms with Crippen LogP contribution in [-0.2, 0) is 0 Å². The van der Waals surface area contributed by atoms with Crippen molar-refractivity contribution in [2.24, 2.45) is 0 Å². The fraction of sp³-hybridized carbons (Fsp3) is 0.0833. The smallest absolute Gasteiger partial charge is 0.220 e. The van der Waals surface area contributed by atoms with Crippen molar-refractivity contribution in [3.8, 4) is 11.1 Å². The minimum Gasteiger partial charge on any atom is -0.437 e. The van der Waals surface area contributed by atoms with E-state index in [1.807, 2.05) is 68.5 Å². The third kappa shape index (κ3) is 4.94. The minimum atomic E-state index is 0.449. The molecule has 1 aliphatic carbocycles. The zero-order chi connectivity index (χ0) is 19.9. The summed E-state index contributed by atoms with van der Waals surface area (Å²) < 4.78 is 5.79. The van der Waals surface area contributed by atoms with Crippen molar-refractivity contribution < 1.29 is 4.42 Å². The summed E-state index contributed by atoms with van der Waals surface area (Å²) in [6, 6.07) is 16.2. The highest BCUT2D eigenvalue weighted by Gasteiger charge is 2.06. The van der Waals surface area contributed by atoms with E-state index in [9.17, 15) is 0 Å². The molecule has 1 heterocycles. The van der Waals surface area contributed by atoms with Gasteiger partial charge in [0.15, 0.2) is 5.58 Å². The van der Waals surface area contributed by atoms with Crippen molar-refractivity contribution in [3.63, 3.8) is 0 Å². The Hall–Kier alpha value is -2.77. The molecule has 0 spiro atoms. The molecule has 0 fully saturated rings. The minimum absolute atomic E-state index is 0.449. The second-order valence-electron chi connectivity index (χ2n) is 5.73. The number of halogens is 2. The molecular formula is C24H19Cl2NO. The molecule has 2 aromatic carbocycles. The number of rotatable bonds is 3. The Labute approximate surface area is 174 Å². The molecule has 4 heteroatoms. The summed E-state index contributed by atoms with van der Waals surface area (Å²) in [5.41, 5.74) is 7.54. The van der Waals surface area contributed by atoms with Gasteiger partial charge in [-0.05, 0) is 47.1 Å². The summed E-state index contributed by atoms with van der Waals surface area (Å²) in [7, 11) is 0. The molecule has 0 aliphatic heterocycles. The average Bonchev–Trinajstić information content (AvgIpc) is 3.06. The van der Waals surface area contributed by atoms with E-state index >= 15 is 0 Å². The molecule has 0 unspecified atom stereocenters. The number of fused-ring (bicyclic) bond motifs is 1. The number of benzene rings is 2. The maximum Gasteiger partial charge on any atom is 0.220 e. The van der Waals surface area contributed by atoms with Gasteiger partial charge in [0.2, 0.25) is 5.89 Å². The van der Waals surface area contributed by atoms with Crippen LogP contribution in [-0.4, -0.2) is 4.98 Å². The Balaban J connectivity index is 0.00000109. The highest BCUT2D eigenvalue weighted by atomic mass is 35.5. The number of aromatic nitrogens is 1. The summed E-state index contributed by atoms with van der Waals surface area (Å²) >= 11 is 12.0. The van der Waals surface area contributed by atoms with Crippen LogP contribution in [0, 0.1) is 0 Å². The number of oxazole rings is 1. The molecule has 0 bridgehead atoms. The fourth-order valence-corrected chi connectivity index (χ4v) is 3.09. The first-order valence-electron chi connectivity index (χ1n) is 9.03. The quantitative estimate of drug-likeness (QED) is 0.412. The van der Waals surface area contributed by atoms with Crippen molar-refractivity contribution >= 4 is 40.4 Å². The monoisotopic (exact) mass is 407 g/mol. The lowest BCUT2D eigenvalue weighted by Gasteiger charge is -1.99. The standard InChI is InChI=1S/C22H13Cl2NO.C2H6/c23-18-9-6-15(12-19(24)14-18)7-11-22-25-20-13-17(8-10-21(20)26-22)16-4-2-1-3-5-16;1-2/h1-13H;1-2H3/b11-7+;. The van der Waals surface area contributed by atoms with Gasteiger partial charge in [0.05, 0.1) is 10.1 Å². The van der Waals surface area contributed by atoms with E-state index in [0.717, 1.165) is 27.8 Å². The molecule has 3 aromatic rings. The van der Waals surface area contributed by atoms with Gasteiger partial charge in [0.25, 0.3) is 0 Å². The van der Waals surface area contributed by atoms with Gasteiger partial charge in [-0.3, -0.25) is 0 Å². The van der Waals surface area contributed by atoms with E-state index < -0.39 is 0 Å². The molecule has 0 radical (unpaired) electrons. The Bertz CT molecular complexity index is 1130. The third-order valence-electron chi connectivity index (χ3n) is 3.88. The van der Waals surface area contributed by atoms with Crippen LogP contribution in [0.3, 0.4) is 0 Å². The predicted molar refractivity (Wildman–Crippen MR) is 119 cm³/mol. The molecule has 0 amide bonds. The Morgan fingerprint density at radius 1 is 0.893 bits per heavy atom. The first-order valence-corrected chi connectivity index (χ1v) is 9.79. The first kappa shape index (κ1) is 20.0. The summed E-state index contributed by atoms with van der Waals surface area (Å²) in [6.45, 7) is 4.00. The highest BCUT2D eigenvalue weighted by molar-refractivity contribution is 6.34. The van der Waals surface area contributed by atoms with E-state index in [2.05, 4.69) is 22.8 Å². The van der Waals surface area contributed by atoms with Crippen LogP contribution in [0.1, 0.15) is 19.7 Å². The van der Waals surface area contributed by atoms with Crippen LogP contribution in [0.25, 0.3) is 28.3 Å². The lowest BCUT2D eigenvalue weighted by Crippen LogP contribution is -1.77. The molecule has 0 saturated carbocycles. The molecule has 0 N–H and O–H groups in total. The molecule has 4 rings (SSSR count). The van der Waals surface area contributed by atoms with Crippen LogP contribution in [0.2, 0.25) is 0 Å². The van der Waals surface area contributed by atoms with Gasteiger partial charge >= 0.3 is 0 Å². The van der Waals surface area contributed by atoms with Crippen LogP contribution in [0.5, 0.6) is 0 Å². The van der Waals surface area contributed by atoms with E-state index in [1.165, 1.54) is 0 Å². The second-order valence-corrected chi connectivity index (χ2v) is 6.55. The topological polar surface area (TPSA) is 26.0 Å². The largest absolute Gasteiger partial charge is 0.437 e. The highest BCUT2D eigenvalue weighted by Crippen LogP contribution is 2.25. The molecule has 1 aliphatic rings. The molecule has 0 atom stereocenters. The molecule has 0 saturated heterocycles. The van der Waals surface area contributed by atoms with E-state index in [1.54, 1.807) is 12.2 Å². The van der Waals surface area contributed by atoms with Gasteiger partial charge in [-0.1, -0.05) is 85.3 Å². The van der Waals surface area contributed by atoms with Crippen molar-refractivity contribution in [3.05, 3.63) is 100 Å². The van der Waals surface area contributed by atoms with Crippen LogP contribution in [0.4, 0.5) is 0 Å². The van der Waals surface area contributed by atoms with E-state index in [-0.39, 0.29) is 0 Å². The number of hydrogen-bond donors (Lipinski definition) is 0. The van der Waals surface area contributed by atoms with Gasteiger partial charge < -0.3 is 4.42 Å². The summed E-state index contributed by atoms with van der Waals surface area (Å²) in [5, 5.41) is 0.912. The summed E-state index contributed by atoms with van der Waals surface area (Å²) in [5.74, 6) is 0.530. The summed E-state index contributed by atoms with van der Waals surface area (Å²) in [6.07, 6.45) is 9.06.